The van der Waals surface area contributed by atoms with Gasteiger partial charge in [-0.05, 0) is 30.2 Å². The summed E-state index contributed by atoms with van der Waals surface area (Å²) in [6, 6.07) is 17.3. The van der Waals surface area contributed by atoms with Crippen molar-refractivity contribution in [2.24, 2.45) is 0 Å². The van der Waals surface area contributed by atoms with Crippen LogP contribution in [0.15, 0.2) is 71.8 Å². The van der Waals surface area contributed by atoms with E-state index in [1.807, 2.05) is 64.5 Å². The van der Waals surface area contributed by atoms with Crippen molar-refractivity contribution in [3.05, 3.63) is 87.9 Å². The van der Waals surface area contributed by atoms with E-state index < -0.39 is 0 Å². The second kappa shape index (κ2) is 9.11. The first-order valence-electron chi connectivity index (χ1n) is 11.0. The maximum absolute atomic E-state index is 12.8. The fourth-order valence-electron chi connectivity index (χ4n) is 4.33. The molecule has 0 saturated carbocycles. The first kappa shape index (κ1) is 21.3. The minimum atomic E-state index is -0.349. The third-order valence-electron chi connectivity index (χ3n) is 6.16. The summed E-state index contributed by atoms with van der Waals surface area (Å²) < 4.78 is 1.30. The van der Waals surface area contributed by atoms with E-state index >= 15 is 0 Å². The lowest BCUT2D eigenvalue weighted by Gasteiger charge is -2.36. The fraction of sp³-hybridized carbons (Fsp3) is 0.240. The van der Waals surface area contributed by atoms with Gasteiger partial charge in [0.15, 0.2) is 0 Å². The number of para-hydroxylation sites is 2. The van der Waals surface area contributed by atoms with Crippen LogP contribution in [0.3, 0.4) is 0 Å². The molecule has 0 radical (unpaired) electrons. The zero-order chi connectivity index (χ0) is 22.8. The van der Waals surface area contributed by atoms with Gasteiger partial charge in [0.05, 0.1) is 17.6 Å². The van der Waals surface area contributed by atoms with Gasteiger partial charge >= 0.3 is 0 Å². The Balaban J connectivity index is 1.21. The molecule has 0 atom stereocenters. The number of H-pyrrole nitrogens is 1. The molecule has 3 heterocycles. The highest BCUT2D eigenvalue weighted by Crippen LogP contribution is 2.24. The molecule has 7 nitrogen and oxygen atoms in total. The maximum Gasteiger partial charge on any atom is 0.292 e. The molecule has 1 saturated heterocycles. The van der Waals surface area contributed by atoms with Gasteiger partial charge in [0.2, 0.25) is 5.91 Å². The Morgan fingerprint density at radius 2 is 1.73 bits per heavy atom. The van der Waals surface area contributed by atoms with Gasteiger partial charge in [-0.1, -0.05) is 48.0 Å². The number of carbonyl (C=O) groups excluding carboxylic acids is 1. The van der Waals surface area contributed by atoms with Crippen LogP contribution in [-0.2, 0) is 11.2 Å². The molecule has 1 N–H and O–H groups in total. The van der Waals surface area contributed by atoms with E-state index in [2.05, 4.69) is 16.1 Å². The molecule has 5 rings (SSSR count). The Labute approximate surface area is 196 Å². The topological polar surface area (TPSA) is 74.2 Å². The number of rotatable bonds is 5. The largest absolute Gasteiger partial charge is 0.365 e. The molecular formula is C25H24ClN5O2. The van der Waals surface area contributed by atoms with Gasteiger partial charge in [-0.2, -0.15) is 9.78 Å². The summed E-state index contributed by atoms with van der Waals surface area (Å²) in [5.41, 5.74) is 3.18. The van der Waals surface area contributed by atoms with Crippen LogP contribution in [0.25, 0.3) is 16.6 Å². The molecule has 1 amide bonds. The van der Waals surface area contributed by atoms with Crippen molar-refractivity contribution < 1.29 is 4.79 Å². The van der Waals surface area contributed by atoms with Crippen molar-refractivity contribution >= 4 is 34.1 Å². The number of anilines is 1. The molecule has 168 valence electrons. The lowest BCUT2D eigenvalue weighted by molar-refractivity contribution is -0.131. The number of aryl methyl sites for hydroxylation is 1. The number of halogens is 1. The molecule has 1 aliphatic rings. The van der Waals surface area contributed by atoms with E-state index in [-0.39, 0.29) is 16.5 Å². The third kappa shape index (κ3) is 4.24. The Morgan fingerprint density at radius 3 is 2.52 bits per heavy atom. The highest BCUT2D eigenvalue weighted by molar-refractivity contribution is 6.33. The van der Waals surface area contributed by atoms with Gasteiger partial charge in [-0.25, -0.2) is 0 Å². The number of piperazine rings is 1. The van der Waals surface area contributed by atoms with Gasteiger partial charge in [-0.15, -0.1) is 0 Å². The summed E-state index contributed by atoms with van der Waals surface area (Å²) in [6.07, 6.45) is 4.79. The Kier molecular flexibility index (Phi) is 5.88. The predicted molar refractivity (Wildman–Crippen MR) is 130 cm³/mol. The van der Waals surface area contributed by atoms with Crippen LogP contribution in [0, 0.1) is 0 Å². The first-order valence-corrected chi connectivity index (χ1v) is 11.4. The van der Waals surface area contributed by atoms with E-state index in [0.717, 1.165) is 11.1 Å². The molecule has 1 aliphatic heterocycles. The van der Waals surface area contributed by atoms with Gasteiger partial charge < -0.3 is 14.8 Å². The molecule has 2 aromatic heterocycles. The second-order valence-electron chi connectivity index (χ2n) is 8.12. The van der Waals surface area contributed by atoms with E-state index in [4.69, 9.17) is 11.6 Å². The number of amides is 1. The minimum absolute atomic E-state index is 0.142. The number of fused-ring (bicyclic) bond motifs is 1. The fourth-order valence-corrected chi connectivity index (χ4v) is 4.58. The Morgan fingerprint density at radius 1 is 1.00 bits per heavy atom. The van der Waals surface area contributed by atoms with E-state index in [1.165, 1.54) is 10.1 Å². The lowest BCUT2D eigenvalue weighted by atomic mass is 10.1. The molecule has 0 aliphatic carbocycles. The van der Waals surface area contributed by atoms with Gasteiger partial charge in [-0.3, -0.25) is 9.59 Å². The molecular weight excluding hydrogens is 438 g/mol. The summed E-state index contributed by atoms with van der Waals surface area (Å²) in [4.78, 5) is 32.7. The van der Waals surface area contributed by atoms with E-state index in [1.54, 1.807) is 6.20 Å². The third-order valence-corrected chi connectivity index (χ3v) is 6.51. The standard InChI is InChI=1S/C25H24ClN5O2/c26-24-22(17-28-31(25(24)33)19-6-2-1-3-7-19)29-12-14-30(15-13-29)23(32)11-10-18-16-27-21-9-5-4-8-20(18)21/h1-9,16-17,27H,10-15H2. The van der Waals surface area contributed by atoms with Crippen molar-refractivity contribution in [1.29, 1.82) is 0 Å². The van der Waals surface area contributed by atoms with Crippen LogP contribution < -0.4 is 10.5 Å². The zero-order valence-electron chi connectivity index (χ0n) is 18.1. The molecule has 2 aromatic carbocycles. The van der Waals surface area contributed by atoms with Crippen molar-refractivity contribution in [1.82, 2.24) is 19.7 Å². The lowest BCUT2D eigenvalue weighted by Crippen LogP contribution is -2.49. The highest BCUT2D eigenvalue weighted by Gasteiger charge is 2.24. The van der Waals surface area contributed by atoms with Crippen LogP contribution in [0.5, 0.6) is 0 Å². The SMILES string of the molecule is O=C(CCc1c[nH]c2ccccc12)N1CCN(c2cnn(-c3ccccc3)c(=O)c2Cl)CC1. The zero-order valence-corrected chi connectivity index (χ0v) is 18.8. The van der Waals surface area contributed by atoms with Gasteiger partial charge in [0, 0.05) is 49.7 Å². The van der Waals surface area contributed by atoms with E-state index in [0.29, 0.717) is 50.4 Å². The number of aromatic amines is 1. The minimum Gasteiger partial charge on any atom is -0.365 e. The normalized spacial score (nSPS) is 14.1. The molecule has 0 unspecified atom stereocenters. The number of carbonyl (C=O) groups is 1. The van der Waals surface area contributed by atoms with Crippen molar-refractivity contribution in [2.45, 2.75) is 12.8 Å². The van der Waals surface area contributed by atoms with Crippen molar-refractivity contribution in [3.63, 3.8) is 0 Å². The molecule has 1 fully saturated rings. The summed E-state index contributed by atoms with van der Waals surface area (Å²) in [5.74, 6) is 0.142. The molecule has 4 aromatic rings. The number of nitrogens with one attached hydrogen (secondary N) is 1. The molecule has 33 heavy (non-hydrogen) atoms. The Bertz CT molecular complexity index is 1340. The number of hydrogen-bond acceptors (Lipinski definition) is 4. The molecule has 0 spiro atoms. The second-order valence-corrected chi connectivity index (χ2v) is 8.50. The summed E-state index contributed by atoms with van der Waals surface area (Å²) in [6.45, 7) is 2.39. The Hall–Kier alpha value is -3.58. The maximum atomic E-state index is 12.8. The molecule has 8 heteroatoms. The number of hydrogen-bond donors (Lipinski definition) is 1. The van der Waals surface area contributed by atoms with Crippen LogP contribution in [0.1, 0.15) is 12.0 Å². The summed E-state index contributed by atoms with van der Waals surface area (Å²) >= 11 is 6.44. The van der Waals surface area contributed by atoms with Crippen LogP contribution in [-0.4, -0.2) is 51.8 Å². The monoisotopic (exact) mass is 461 g/mol. The van der Waals surface area contributed by atoms with Gasteiger partial charge in [0.1, 0.15) is 5.02 Å². The van der Waals surface area contributed by atoms with Crippen LogP contribution in [0.4, 0.5) is 5.69 Å². The van der Waals surface area contributed by atoms with Crippen molar-refractivity contribution in [3.8, 4) is 5.69 Å². The number of nitrogens with zero attached hydrogens (tertiary/aromatic N) is 4. The predicted octanol–water partition coefficient (Wildman–Crippen LogP) is 3.65. The highest BCUT2D eigenvalue weighted by atomic mass is 35.5. The van der Waals surface area contributed by atoms with Crippen LogP contribution in [0.2, 0.25) is 5.02 Å². The smallest absolute Gasteiger partial charge is 0.292 e. The van der Waals surface area contributed by atoms with Crippen molar-refractivity contribution in [2.75, 3.05) is 31.1 Å². The van der Waals surface area contributed by atoms with E-state index in [9.17, 15) is 9.59 Å². The number of benzene rings is 2. The average Bonchev–Trinajstić information content (AvgIpc) is 3.28. The average molecular weight is 462 g/mol. The summed E-state index contributed by atoms with van der Waals surface area (Å²) in [5, 5.41) is 5.63. The first-order chi connectivity index (χ1) is 16.1. The number of aromatic nitrogens is 3. The molecule has 0 bridgehead atoms. The summed E-state index contributed by atoms with van der Waals surface area (Å²) in [7, 11) is 0. The quantitative estimate of drug-likeness (QED) is 0.492. The van der Waals surface area contributed by atoms with Crippen LogP contribution >= 0.6 is 11.6 Å². The van der Waals surface area contributed by atoms with Gasteiger partial charge in [0.25, 0.3) is 5.56 Å².